The number of carboxylic acid groups (broad SMARTS) is 1. The highest BCUT2D eigenvalue weighted by molar-refractivity contribution is 7.80. The maximum absolute atomic E-state index is 12.5. The molecule has 0 saturated carbocycles. The van der Waals surface area contributed by atoms with Crippen LogP contribution in [0.25, 0.3) is 0 Å². The molecule has 10 nitrogen and oxygen atoms in total. The number of aliphatic hydroxyl groups excluding tert-OH is 1. The Morgan fingerprint density at radius 3 is 2.32 bits per heavy atom. The van der Waals surface area contributed by atoms with E-state index in [1.807, 2.05) is 0 Å². The fraction of sp³-hybridized carbons (Fsp3) is 0.714. The summed E-state index contributed by atoms with van der Waals surface area (Å²) in [6, 6.07) is -4.15. The van der Waals surface area contributed by atoms with Crippen LogP contribution in [-0.2, 0) is 19.2 Å². The van der Waals surface area contributed by atoms with Crippen molar-refractivity contribution in [2.45, 2.75) is 43.9 Å². The second-order valence-electron chi connectivity index (χ2n) is 5.80. The molecule has 1 aliphatic rings. The summed E-state index contributed by atoms with van der Waals surface area (Å²) in [7, 11) is 0. The molecular weight excluding hydrogens is 352 g/mol. The third-order valence-electron chi connectivity index (χ3n) is 3.85. The van der Waals surface area contributed by atoms with Crippen molar-refractivity contribution in [1.82, 2.24) is 15.5 Å². The van der Waals surface area contributed by atoms with Crippen LogP contribution in [0.1, 0.15) is 19.8 Å². The van der Waals surface area contributed by atoms with Gasteiger partial charge in [0.2, 0.25) is 17.7 Å². The fourth-order valence-electron chi connectivity index (χ4n) is 2.44. The Morgan fingerprint density at radius 1 is 1.24 bits per heavy atom. The molecule has 4 unspecified atom stereocenters. The first-order valence-corrected chi connectivity index (χ1v) is 8.47. The molecule has 0 aromatic carbocycles. The first kappa shape index (κ1) is 21.2. The molecule has 25 heavy (non-hydrogen) atoms. The lowest BCUT2D eigenvalue weighted by Gasteiger charge is -2.27. The highest BCUT2D eigenvalue weighted by Gasteiger charge is 2.37. The number of thiol groups is 1. The lowest BCUT2D eigenvalue weighted by molar-refractivity contribution is -0.149. The van der Waals surface area contributed by atoms with Crippen molar-refractivity contribution in [2.24, 2.45) is 5.73 Å². The number of nitrogens with zero attached hydrogens (tertiary/aromatic N) is 1. The quantitative estimate of drug-likeness (QED) is 0.251. The zero-order valence-corrected chi connectivity index (χ0v) is 14.7. The van der Waals surface area contributed by atoms with Gasteiger partial charge in [-0.1, -0.05) is 0 Å². The predicted molar refractivity (Wildman–Crippen MR) is 90.8 cm³/mol. The molecule has 3 amide bonds. The van der Waals surface area contributed by atoms with E-state index in [0.29, 0.717) is 12.8 Å². The molecule has 0 aliphatic carbocycles. The Morgan fingerprint density at radius 2 is 1.84 bits per heavy atom. The summed E-state index contributed by atoms with van der Waals surface area (Å²) < 4.78 is 0. The van der Waals surface area contributed by atoms with Gasteiger partial charge in [0.1, 0.15) is 18.1 Å². The molecule has 0 aromatic heterocycles. The summed E-state index contributed by atoms with van der Waals surface area (Å²) in [4.78, 5) is 48.6. The zero-order valence-electron chi connectivity index (χ0n) is 13.8. The summed E-state index contributed by atoms with van der Waals surface area (Å²) in [6.07, 6.45) is 0.900. The van der Waals surface area contributed by atoms with Crippen LogP contribution < -0.4 is 16.4 Å². The van der Waals surface area contributed by atoms with E-state index in [0.717, 1.165) is 0 Å². The van der Waals surface area contributed by atoms with Gasteiger partial charge < -0.3 is 31.5 Å². The van der Waals surface area contributed by atoms with Gasteiger partial charge in [-0.05, 0) is 19.8 Å². The highest BCUT2D eigenvalue weighted by Crippen LogP contribution is 2.18. The maximum atomic E-state index is 12.5. The summed E-state index contributed by atoms with van der Waals surface area (Å²) >= 11 is 4.02. The molecular formula is C14H24N4O6S. The van der Waals surface area contributed by atoms with Gasteiger partial charge in [-0.25, -0.2) is 4.79 Å². The number of nitrogens with one attached hydrogen (secondary N) is 2. The van der Waals surface area contributed by atoms with Crippen LogP contribution in [0.15, 0.2) is 0 Å². The van der Waals surface area contributed by atoms with E-state index in [9.17, 15) is 24.3 Å². The largest absolute Gasteiger partial charge is 0.480 e. The standard InChI is InChI=1S/C14H24N4O6S/c1-7(15)11(20)16-8(5-19)12(21)17-9(6-25)13(22)18-4-2-3-10(18)14(23)24/h7-10,19,25H,2-6,15H2,1H3,(H,16,20)(H,17,21)(H,23,24). The van der Waals surface area contributed by atoms with E-state index in [-0.39, 0.29) is 12.3 Å². The van der Waals surface area contributed by atoms with Gasteiger partial charge in [0.25, 0.3) is 0 Å². The second kappa shape index (κ2) is 9.59. The second-order valence-corrected chi connectivity index (χ2v) is 6.17. The molecule has 1 fully saturated rings. The van der Waals surface area contributed by atoms with Crippen LogP contribution in [-0.4, -0.2) is 81.9 Å². The number of aliphatic carboxylic acids is 1. The first-order valence-electron chi connectivity index (χ1n) is 7.84. The Hall–Kier alpha value is -1.85. The third-order valence-corrected chi connectivity index (χ3v) is 4.21. The van der Waals surface area contributed by atoms with Crippen LogP contribution in [0.4, 0.5) is 0 Å². The monoisotopic (exact) mass is 376 g/mol. The van der Waals surface area contributed by atoms with E-state index in [2.05, 4.69) is 23.3 Å². The Bertz CT molecular complexity index is 529. The van der Waals surface area contributed by atoms with E-state index < -0.39 is 54.5 Å². The normalized spacial score (nSPS) is 20.5. The number of hydrogen-bond donors (Lipinski definition) is 6. The molecule has 0 radical (unpaired) electrons. The van der Waals surface area contributed by atoms with Crippen LogP contribution in [0.2, 0.25) is 0 Å². The van der Waals surface area contributed by atoms with E-state index in [4.69, 9.17) is 10.8 Å². The minimum absolute atomic E-state index is 0.0627. The van der Waals surface area contributed by atoms with Gasteiger partial charge in [0, 0.05) is 12.3 Å². The van der Waals surface area contributed by atoms with Crippen molar-refractivity contribution >= 4 is 36.3 Å². The number of nitrogens with two attached hydrogens (primary N) is 1. The number of carbonyl (C=O) groups is 4. The van der Waals surface area contributed by atoms with Gasteiger partial charge >= 0.3 is 5.97 Å². The maximum Gasteiger partial charge on any atom is 0.326 e. The van der Waals surface area contributed by atoms with Gasteiger partial charge in [-0.15, -0.1) is 0 Å². The SMILES string of the molecule is CC(N)C(=O)NC(CO)C(=O)NC(CS)C(=O)N1CCCC1C(=O)O. The number of hydrogen-bond acceptors (Lipinski definition) is 7. The summed E-state index contributed by atoms with van der Waals surface area (Å²) in [5.41, 5.74) is 5.39. The number of aliphatic hydroxyl groups is 1. The third kappa shape index (κ3) is 5.58. The Balaban J connectivity index is 2.76. The number of amides is 3. The summed E-state index contributed by atoms with van der Waals surface area (Å²) in [6.45, 7) is 1.02. The number of likely N-dealkylation sites (tertiary alicyclic amines) is 1. The summed E-state index contributed by atoms with van der Waals surface area (Å²) in [5, 5.41) is 23.1. The minimum Gasteiger partial charge on any atom is -0.480 e. The average Bonchev–Trinajstić information content (AvgIpc) is 3.06. The van der Waals surface area contributed by atoms with Crippen molar-refractivity contribution in [3.63, 3.8) is 0 Å². The van der Waals surface area contributed by atoms with Crippen molar-refractivity contribution in [2.75, 3.05) is 18.9 Å². The van der Waals surface area contributed by atoms with Crippen LogP contribution in [0.3, 0.4) is 0 Å². The molecule has 0 spiro atoms. The number of carbonyl (C=O) groups excluding carboxylic acids is 3. The molecule has 6 N–H and O–H groups in total. The molecule has 1 aliphatic heterocycles. The Labute approximate surface area is 150 Å². The van der Waals surface area contributed by atoms with Crippen molar-refractivity contribution in [1.29, 1.82) is 0 Å². The zero-order chi connectivity index (χ0) is 19.1. The molecule has 4 atom stereocenters. The van der Waals surface area contributed by atoms with Crippen molar-refractivity contribution in [3.8, 4) is 0 Å². The minimum atomic E-state index is -1.28. The highest BCUT2D eigenvalue weighted by atomic mass is 32.1. The lowest BCUT2D eigenvalue weighted by atomic mass is 10.2. The fourth-order valence-corrected chi connectivity index (χ4v) is 2.69. The summed E-state index contributed by atoms with van der Waals surface area (Å²) in [5.74, 6) is -3.15. The van der Waals surface area contributed by atoms with Gasteiger partial charge in [-0.2, -0.15) is 12.6 Å². The molecule has 1 rings (SSSR count). The first-order chi connectivity index (χ1) is 11.7. The smallest absolute Gasteiger partial charge is 0.326 e. The van der Waals surface area contributed by atoms with E-state index >= 15 is 0 Å². The lowest BCUT2D eigenvalue weighted by Crippen LogP contribution is -2.58. The van der Waals surface area contributed by atoms with E-state index in [1.54, 1.807) is 0 Å². The molecule has 1 saturated heterocycles. The molecule has 0 bridgehead atoms. The average molecular weight is 376 g/mol. The molecule has 11 heteroatoms. The topological polar surface area (TPSA) is 162 Å². The van der Waals surface area contributed by atoms with Gasteiger partial charge in [0.15, 0.2) is 0 Å². The number of rotatable bonds is 8. The van der Waals surface area contributed by atoms with Crippen LogP contribution >= 0.6 is 12.6 Å². The van der Waals surface area contributed by atoms with Crippen molar-refractivity contribution < 1.29 is 29.4 Å². The van der Waals surface area contributed by atoms with Crippen LogP contribution in [0.5, 0.6) is 0 Å². The Kier molecular flexibility index (Phi) is 8.13. The molecule has 0 aromatic rings. The molecule has 1 heterocycles. The predicted octanol–water partition coefficient (Wildman–Crippen LogP) is -2.70. The van der Waals surface area contributed by atoms with E-state index in [1.165, 1.54) is 11.8 Å². The number of carboxylic acids is 1. The van der Waals surface area contributed by atoms with Gasteiger partial charge in [0.05, 0.1) is 12.6 Å². The molecule has 142 valence electrons. The van der Waals surface area contributed by atoms with Gasteiger partial charge in [-0.3, -0.25) is 14.4 Å². The van der Waals surface area contributed by atoms with Crippen LogP contribution in [0, 0.1) is 0 Å². The van der Waals surface area contributed by atoms with Crippen molar-refractivity contribution in [3.05, 3.63) is 0 Å².